The fraction of sp³-hybridized carbons (Fsp3) is 0.500. The van der Waals surface area contributed by atoms with E-state index in [1.807, 2.05) is 32.4 Å². The highest BCUT2D eigenvalue weighted by Gasteiger charge is 2.24. The van der Waals surface area contributed by atoms with Gasteiger partial charge >= 0.3 is 0 Å². The molecule has 6 heteroatoms. The molecule has 2 aromatic rings. The lowest BCUT2D eigenvalue weighted by molar-refractivity contribution is 0.207. The van der Waals surface area contributed by atoms with Crippen molar-refractivity contribution in [1.29, 1.82) is 0 Å². The molecule has 18 heavy (non-hydrogen) atoms. The van der Waals surface area contributed by atoms with Crippen LogP contribution in [-0.2, 0) is 0 Å². The predicted octanol–water partition coefficient (Wildman–Crippen LogP) is 3.38. The standard InChI is InChI=1S/C12H16BrN3OS/c1-6(2)16-10(9(13)5-14-16)11(17)12-7(3)15-8(4)18-12/h5-6,11,17H,1-4H3. The van der Waals surface area contributed by atoms with E-state index in [1.54, 1.807) is 6.20 Å². The van der Waals surface area contributed by atoms with E-state index >= 15 is 0 Å². The van der Waals surface area contributed by atoms with Crippen molar-refractivity contribution in [3.63, 3.8) is 0 Å². The Morgan fingerprint density at radius 3 is 2.56 bits per heavy atom. The van der Waals surface area contributed by atoms with Crippen LogP contribution in [0.2, 0.25) is 0 Å². The third-order valence-electron chi connectivity index (χ3n) is 2.72. The Morgan fingerprint density at radius 1 is 1.39 bits per heavy atom. The van der Waals surface area contributed by atoms with Crippen LogP contribution in [0, 0.1) is 13.8 Å². The minimum Gasteiger partial charge on any atom is -0.381 e. The average molecular weight is 330 g/mol. The van der Waals surface area contributed by atoms with Gasteiger partial charge in [-0.1, -0.05) is 0 Å². The third kappa shape index (κ3) is 2.37. The second-order valence-electron chi connectivity index (χ2n) is 4.50. The Hall–Kier alpha value is -0.720. The molecule has 1 unspecified atom stereocenters. The lowest BCUT2D eigenvalue weighted by atomic mass is 10.2. The molecule has 0 aromatic carbocycles. The molecule has 0 radical (unpaired) electrons. The van der Waals surface area contributed by atoms with Crippen molar-refractivity contribution >= 4 is 27.3 Å². The Labute approximate surface area is 119 Å². The maximum Gasteiger partial charge on any atom is 0.133 e. The zero-order valence-corrected chi connectivity index (χ0v) is 13.2. The molecular weight excluding hydrogens is 314 g/mol. The molecule has 0 bridgehead atoms. The van der Waals surface area contributed by atoms with Crippen LogP contribution in [0.5, 0.6) is 0 Å². The van der Waals surface area contributed by atoms with Gasteiger partial charge in [0, 0.05) is 6.04 Å². The van der Waals surface area contributed by atoms with Crippen LogP contribution in [0.1, 0.15) is 47.3 Å². The maximum atomic E-state index is 10.6. The highest BCUT2D eigenvalue weighted by molar-refractivity contribution is 9.10. The molecule has 4 nitrogen and oxygen atoms in total. The molecule has 0 saturated heterocycles. The van der Waals surface area contributed by atoms with Gasteiger partial charge in [-0.15, -0.1) is 11.3 Å². The van der Waals surface area contributed by atoms with Crippen molar-refractivity contribution in [1.82, 2.24) is 14.8 Å². The van der Waals surface area contributed by atoms with Crippen LogP contribution in [-0.4, -0.2) is 19.9 Å². The average Bonchev–Trinajstić information content (AvgIpc) is 2.81. The molecule has 0 aliphatic heterocycles. The number of thiazole rings is 1. The summed E-state index contributed by atoms with van der Waals surface area (Å²) in [5.41, 5.74) is 1.67. The van der Waals surface area contributed by atoms with E-state index in [9.17, 15) is 5.11 Å². The molecule has 0 aliphatic carbocycles. The first-order valence-corrected chi connectivity index (χ1v) is 7.37. The van der Waals surface area contributed by atoms with E-state index in [0.717, 1.165) is 25.7 Å². The van der Waals surface area contributed by atoms with E-state index in [0.29, 0.717) is 0 Å². The zero-order valence-electron chi connectivity index (χ0n) is 10.8. The number of rotatable bonds is 3. The first-order valence-electron chi connectivity index (χ1n) is 5.76. The smallest absolute Gasteiger partial charge is 0.133 e. The minimum absolute atomic E-state index is 0.204. The topological polar surface area (TPSA) is 50.9 Å². The number of nitrogens with zero attached hydrogens (tertiary/aromatic N) is 3. The van der Waals surface area contributed by atoms with E-state index in [-0.39, 0.29) is 6.04 Å². The molecule has 0 amide bonds. The fourth-order valence-electron chi connectivity index (χ4n) is 1.94. The molecule has 0 aliphatic rings. The molecule has 0 fully saturated rings. The first-order chi connectivity index (χ1) is 8.41. The molecule has 1 atom stereocenters. The summed E-state index contributed by atoms with van der Waals surface area (Å²) in [6.07, 6.45) is 1.04. The van der Waals surface area contributed by atoms with Crippen LogP contribution >= 0.6 is 27.3 Å². The van der Waals surface area contributed by atoms with Gasteiger partial charge in [0.15, 0.2) is 0 Å². The number of aromatic nitrogens is 3. The summed E-state index contributed by atoms with van der Waals surface area (Å²) in [5, 5.41) is 15.8. The highest BCUT2D eigenvalue weighted by Crippen LogP contribution is 2.34. The third-order valence-corrected chi connectivity index (χ3v) is 4.46. The number of aliphatic hydroxyl groups is 1. The fourth-order valence-corrected chi connectivity index (χ4v) is 3.35. The minimum atomic E-state index is -0.685. The van der Waals surface area contributed by atoms with Gasteiger partial charge in [0.2, 0.25) is 0 Å². The summed E-state index contributed by atoms with van der Waals surface area (Å²) >= 11 is 4.98. The normalized spacial score (nSPS) is 13.3. The maximum absolute atomic E-state index is 10.6. The van der Waals surface area contributed by atoms with E-state index in [2.05, 4.69) is 26.0 Å². The summed E-state index contributed by atoms with van der Waals surface area (Å²) in [6, 6.07) is 0.204. The quantitative estimate of drug-likeness (QED) is 0.939. The Bertz CT molecular complexity index is 562. The van der Waals surface area contributed by atoms with Crippen molar-refractivity contribution in [2.24, 2.45) is 0 Å². The molecule has 2 aromatic heterocycles. The van der Waals surface area contributed by atoms with Crippen LogP contribution in [0.15, 0.2) is 10.7 Å². The Balaban J connectivity index is 2.48. The molecule has 2 rings (SSSR count). The van der Waals surface area contributed by atoms with Gasteiger partial charge in [0.05, 0.1) is 31.9 Å². The number of hydrogen-bond donors (Lipinski definition) is 1. The van der Waals surface area contributed by atoms with Crippen LogP contribution in [0.25, 0.3) is 0 Å². The van der Waals surface area contributed by atoms with Crippen LogP contribution < -0.4 is 0 Å². The lowest BCUT2D eigenvalue weighted by Gasteiger charge is -2.16. The SMILES string of the molecule is Cc1nc(C)c(C(O)c2c(Br)cnn2C(C)C)s1. The number of halogens is 1. The van der Waals surface area contributed by atoms with Gasteiger partial charge in [-0.25, -0.2) is 4.98 Å². The van der Waals surface area contributed by atoms with Crippen molar-refractivity contribution in [3.05, 3.63) is 31.9 Å². The monoisotopic (exact) mass is 329 g/mol. The lowest BCUT2D eigenvalue weighted by Crippen LogP contribution is -2.12. The van der Waals surface area contributed by atoms with Crippen molar-refractivity contribution < 1.29 is 5.11 Å². The summed E-state index contributed by atoms with van der Waals surface area (Å²) in [7, 11) is 0. The van der Waals surface area contributed by atoms with Gasteiger partial charge in [-0.2, -0.15) is 5.10 Å². The van der Waals surface area contributed by atoms with Crippen LogP contribution in [0.3, 0.4) is 0 Å². The van der Waals surface area contributed by atoms with E-state index < -0.39 is 6.10 Å². The predicted molar refractivity (Wildman–Crippen MR) is 76.0 cm³/mol. The van der Waals surface area contributed by atoms with Gasteiger partial charge < -0.3 is 5.11 Å². The van der Waals surface area contributed by atoms with Crippen molar-refractivity contribution in [2.75, 3.05) is 0 Å². The van der Waals surface area contributed by atoms with E-state index in [4.69, 9.17) is 0 Å². The van der Waals surface area contributed by atoms with Crippen molar-refractivity contribution in [3.8, 4) is 0 Å². The van der Waals surface area contributed by atoms with Crippen LogP contribution in [0.4, 0.5) is 0 Å². The van der Waals surface area contributed by atoms with E-state index in [1.165, 1.54) is 11.3 Å². The molecular formula is C12H16BrN3OS. The van der Waals surface area contributed by atoms with Crippen molar-refractivity contribution in [2.45, 2.75) is 39.8 Å². The van der Waals surface area contributed by atoms with Gasteiger partial charge in [-0.3, -0.25) is 4.68 Å². The van der Waals surface area contributed by atoms with Gasteiger partial charge in [0.25, 0.3) is 0 Å². The van der Waals surface area contributed by atoms with Gasteiger partial charge in [-0.05, 0) is 43.6 Å². The largest absolute Gasteiger partial charge is 0.381 e. The number of aryl methyl sites for hydroxylation is 2. The first kappa shape index (κ1) is 13.7. The molecule has 2 heterocycles. The second kappa shape index (κ2) is 5.11. The second-order valence-corrected chi connectivity index (χ2v) is 6.59. The summed E-state index contributed by atoms with van der Waals surface area (Å²) in [6.45, 7) is 7.95. The van der Waals surface area contributed by atoms with Gasteiger partial charge in [0.1, 0.15) is 6.10 Å². The molecule has 0 saturated carbocycles. The molecule has 1 N–H and O–H groups in total. The molecule has 98 valence electrons. The Morgan fingerprint density at radius 2 is 2.06 bits per heavy atom. The number of hydrogen-bond acceptors (Lipinski definition) is 4. The molecule has 0 spiro atoms. The highest BCUT2D eigenvalue weighted by atomic mass is 79.9. The number of aliphatic hydroxyl groups excluding tert-OH is 1. The summed E-state index contributed by atoms with van der Waals surface area (Å²) < 4.78 is 2.66. The Kier molecular flexibility index (Phi) is 3.89. The zero-order chi connectivity index (χ0) is 13.4. The summed E-state index contributed by atoms with van der Waals surface area (Å²) in [5.74, 6) is 0. The summed E-state index contributed by atoms with van der Waals surface area (Å²) in [4.78, 5) is 5.24.